The number of nitrogens with zero attached hydrogens (tertiary/aromatic N) is 1. The van der Waals surface area contributed by atoms with E-state index in [0.29, 0.717) is 6.10 Å². The standard InChI is InChI=1S/C5H10O2.C4H9F2N/c1-6-5-2-3-7-4-5;1-7(2)3-4(5)6/h5H,2-4H2,1H3;4H,3H2,1-2H3. The van der Waals surface area contributed by atoms with Crippen LogP contribution in [0, 0.1) is 0 Å². The monoisotopic (exact) mass is 211 g/mol. The molecule has 1 rings (SSSR count). The normalized spacial score (nSPS) is 21.2. The molecule has 1 unspecified atom stereocenters. The van der Waals surface area contributed by atoms with Crippen molar-refractivity contribution in [1.82, 2.24) is 4.90 Å². The zero-order chi connectivity index (χ0) is 11.0. The summed E-state index contributed by atoms with van der Waals surface area (Å²) in [6.45, 7) is 1.52. The van der Waals surface area contributed by atoms with E-state index in [0.717, 1.165) is 19.6 Å². The van der Waals surface area contributed by atoms with Crippen molar-refractivity contribution >= 4 is 0 Å². The van der Waals surface area contributed by atoms with E-state index >= 15 is 0 Å². The van der Waals surface area contributed by atoms with Crippen LogP contribution in [0.2, 0.25) is 0 Å². The fraction of sp³-hybridized carbons (Fsp3) is 1.00. The van der Waals surface area contributed by atoms with Crippen molar-refractivity contribution in [2.75, 3.05) is 41.0 Å². The van der Waals surface area contributed by atoms with Crippen LogP contribution < -0.4 is 0 Å². The van der Waals surface area contributed by atoms with E-state index in [-0.39, 0.29) is 6.54 Å². The van der Waals surface area contributed by atoms with Gasteiger partial charge >= 0.3 is 0 Å². The summed E-state index contributed by atoms with van der Waals surface area (Å²) >= 11 is 0. The third-order valence-corrected chi connectivity index (χ3v) is 1.72. The quantitative estimate of drug-likeness (QED) is 0.701. The summed E-state index contributed by atoms with van der Waals surface area (Å²) in [6.07, 6.45) is -0.758. The number of alkyl halides is 2. The zero-order valence-corrected chi connectivity index (χ0v) is 9.00. The molecule has 1 saturated heterocycles. The van der Waals surface area contributed by atoms with E-state index in [1.54, 1.807) is 21.2 Å². The molecule has 0 aromatic rings. The van der Waals surface area contributed by atoms with Gasteiger partial charge in [-0.25, -0.2) is 8.78 Å². The van der Waals surface area contributed by atoms with Gasteiger partial charge in [-0.05, 0) is 20.5 Å². The van der Waals surface area contributed by atoms with Crippen LogP contribution in [-0.4, -0.2) is 58.4 Å². The van der Waals surface area contributed by atoms with E-state index in [1.165, 1.54) is 4.90 Å². The first kappa shape index (κ1) is 13.7. The summed E-state index contributed by atoms with van der Waals surface area (Å²) in [7, 11) is 4.96. The summed E-state index contributed by atoms with van der Waals surface area (Å²) in [4.78, 5) is 1.45. The lowest BCUT2D eigenvalue weighted by molar-refractivity contribution is 0.0822. The number of ether oxygens (including phenoxy) is 2. The summed E-state index contributed by atoms with van der Waals surface area (Å²) in [5.74, 6) is 0. The van der Waals surface area contributed by atoms with Crippen LogP contribution in [0.4, 0.5) is 8.78 Å². The third kappa shape index (κ3) is 8.34. The molecule has 5 heteroatoms. The minimum absolute atomic E-state index is 0.139. The van der Waals surface area contributed by atoms with Crippen molar-refractivity contribution in [2.45, 2.75) is 19.0 Å². The molecule has 0 saturated carbocycles. The molecule has 14 heavy (non-hydrogen) atoms. The van der Waals surface area contributed by atoms with Gasteiger partial charge in [-0.3, -0.25) is 0 Å². The first-order valence-electron chi connectivity index (χ1n) is 4.59. The Bertz CT molecular complexity index is 122. The average Bonchev–Trinajstić information content (AvgIpc) is 2.53. The zero-order valence-electron chi connectivity index (χ0n) is 9.00. The highest BCUT2D eigenvalue weighted by Gasteiger charge is 2.12. The largest absolute Gasteiger partial charge is 0.379 e. The molecule has 0 amide bonds. The molecule has 1 heterocycles. The lowest BCUT2D eigenvalue weighted by atomic mass is 10.3. The molecule has 0 spiro atoms. The first-order valence-corrected chi connectivity index (χ1v) is 4.59. The molecule has 86 valence electrons. The Kier molecular flexibility index (Phi) is 7.93. The van der Waals surface area contributed by atoms with Crippen LogP contribution in [0.25, 0.3) is 0 Å². The van der Waals surface area contributed by atoms with Gasteiger partial charge in [0.1, 0.15) is 0 Å². The maximum absolute atomic E-state index is 11.2. The Balaban J connectivity index is 0.000000241. The van der Waals surface area contributed by atoms with E-state index < -0.39 is 6.43 Å². The molecule has 1 aliphatic heterocycles. The SMILES string of the molecule is CN(C)CC(F)F.COC1CCOC1. The van der Waals surface area contributed by atoms with Gasteiger partial charge in [0.2, 0.25) is 0 Å². The van der Waals surface area contributed by atoms with Gasteiger partial charge in [0, 0.05) is 13.7 Å². The first-order chi connectivity index (χ1) is 6.56. The minimum atomic E-state index is -2.20. The number of rotatable bonds is 3. The highest BCUT2D eigenvalue weighted by molar-refractivity contribution is 4.60. The Morgan fingerprint density at radius 1 is 1.50 bits per heavy atom. The van der Waals surface area contributed by atoms with E-state index in [1.807, 2.05) is 0 Å². The topological polar surface area (TPSA) is 21.7 Å². The molecule has 0 aromatic heterocycles. The van der Waals surface area contributed by atoms with Gasteiger partial charge in [0.15, 0.2) is 0 Å². The Labute approximate surface area is 84.0 Å². The van der Waals surface area contributed by atoms with E-state index in [9.17, 15) is 8.78 Å². The molecular weight excluding hydrogens is 192 g/mol. The second-order valence-electron chi connectivity index (χ2n) is 3.37. The van der Waals surface area contributed by atoms with Gasteiger partial charge in [-0.1, -0.05) is 0 Å². The van der Waals surface area contributed by atoms with Crippen LogP contribution in [0.5, 0.6) is 0 Å². The lowest BCUT2D eigenvalue weighted by Crippen LogP contribution is -2.19. The molecular formula is C9H19F2NO2. The second kappa shape index (κ2) is 8.08. The fourth-order valence-electron chi connectivity index (χ4n) is 0.975. The van der Waals surface area contributed by atoms with Crippen LogP contribution in [0.3, 0.4) is 0 Å². The summed E-state index contributed by atoms with van der Waals surface area (Å²) in [5, 5.41) is 0. The predicted molar refractivity (Wildman–Crippen MR) is 50.8 cm³/mol. The smallest absolute Gasteiger partial charge is 0.251 e. The van der Waals surface area contributed by atoms with Gasteiger partial charge in [0.05, 0.1) is 19.3 Å². The van der Waals surface area contributed by atoms with Crippen molar-refractivity contribution in [2.24, 2.45) is 0 Å². The van der Waals surface area contributed by atoms with Crippen LogP contribution in [-0.2, 0) is 9.47 Å². The van der Waals surface area contributed by atoms with Gasteiger partial charge < -0.3 is 14.4 Å². The average molecular weight is 211 g/mol. The highest BCUT2D eigenvalue weighted by Crippen LogP contribution is 2.05. The summed E-state index contributed by atoms with van der Waals surface area (Å²) < 4.78 is 32.5. The van der Waals surface area contributed by atoms with Crippen molar-refractivity contribution in [1.29, 1.82) is 0 Å². The molecule has 1 atom stereocenters. The molecule has 0 aliphatic carbocycles. The number of hydrogen-bond donors (Lipinski definition) is 0. The van der Waals surface area contributed by atoms with Crippen LogP contribution >= 0.6 is 0 Å². The van der Waals surface area contributed by atoms with E-state index in [2.05, 4.69) is 0 Å². The number of methoxy groups -OCH3 is 1. The van der Waals surface area contributed by atoms with Crippen molar-refractivity contribution in [3.05, 3.63) is 0 Å². The van der Waals surface area contributed by atoms with Gasteiger partial charge in [-0.15, -0.1) is 0 Å². The number of hydrogen-bond acceptors (Lipinski definition) is 3. The maximum Gasteiger partial charge on any atom is 0.251 e. The van der Waals surface area contributed by atoms with Crippen molar-refractivity contribution in [3.63, 3.8) is 0 Å². The molecule has 0 aromatic carbocycles. The Morgan fingerprint density at radius 3 is 2.29 bits per heavy atom. The Hall–Kier alpha value is -0.260. The molecule has 0 bridgehead atoms. The molecule has 0 radical (unpaired) electrons. The lowest BCUT2D eigenvalue weighted by Gasteiger charge is -2.05. The summed E-state index contributed by atoms with van der Waals surface area (Å²) in [5.41, 5.74) is 0. The van der Waals surface area contributed by atoms with Gasteiger partial charge in [-0.2, -0.15) is 0 Å². The minimum Gasteiger partial charge on any atom is -0.379 e. The highest BCUT2D eigenvalue weighted by atomic mass is 19.3. The maximum atomic E-state index is 11.2. The molecule has 0 N–H and O–H groups in total. The fourth-order valence-corrected chi connectivity index (χ4v) is 0.975. The van der Waals surface area contributed by atoms with Crippen LogP contribution in [0.15, 0.2) is 0 Å². The molecule has 1 aliphatic rings. The van der Waals surface area contributed by atoms with Crippen molar-refractivity contribution < 1.29 is 18.3 Å². The van der Waals surface area contributed by atoms with Crippen molar-refractivity contribution in [3.8, 4) is 0 Å². The van der Waals surface area contributed by atoms with Gasteiger partial charge in [0.25, 0.3) is 6.43 Å². The van der Waals surface area contributed by atoms with E-state index in [4.69, 9.17) is 9.47 Å². The second-order valence-corrected chi connectivity index (χ2v) is 3.37. The predicted octanol–water partition coefficient (Wildman–Crippen LogP) is 1.23. The van der Waals surface area contributed by atoms with Crippen LogP contribution in [0.1, 0.15) is 6.42 Å². The molecule has 3 nitrogen and oxygen atoms in total. The molecule has 1 fully saturated rings. The number of halogens is 2. The summed E-state index contributed by atoms with van der Waals surface area (Å²) in [6, 6.07) is 0. The third-order valence-electron chi connectivity index (χ3n) is 1.72. The Morgan fingerprint density at radius 2 is 2.14 bits per heavy atom.